The van der Waals surface area contributed by atoms with E-state index in [1.54, 1.807) is 10.9 Å². The first-order chi connectivity index (χ1) is 11.8. The molecule has 1 aliphatic rings. The Bertz CT molecular complexity index is 1030. The molecule has 3 aromatic rings. The Morgan fingerprint density at radius 1 is 0.958 bits per heavy atom. The van der Waals surface area contributed by atoms with Gasteiger partial charge in [-0.2, -0.15) is 5.26 Å². The van der Waals surface area contributed by atoms with Crippen LogP contribution in [0.25, 0.3) is 22.6 Å². The van der Waals surface area contributed by atoms with Gasteiger partial charge >= 0.3 is 0 Å². The second kappa shape index (κ2) is 6.15. The van der Waals surface area contributed by atoms with Crippen molar-refractivity contribution in [1.82, 2.24) is 9.97 Å². The van der Waals surface area contributed by atoms with Crippen LogP contribution in [0, 0.1) is 11.3 Å². The number of aromatic amines is 1. The molecule has 0 aliphatic carbocycles. The van der Waals surface area contributed by atoms with E-state index in [0.29, 0.717) is 5.56 Å². The zero-order valence-electron chi connectivity index (χ0n) is 12.7. The van der Waals surface area contributed by atoms with Gasteiger partial charge in [0.1, 0.15) is 11.5 Å². The fraction of sp³-hybridized carbons (Fsp3) is 0. The molecule has 0 radical (unpaired) electrons. The lowest BCUT2D eigenvalue weighted by molar-refractivity contribution is 1.30. The van der Waals surface area contributed by atoms with E-state index < -0.39 is 0 Å². The largest absolute Gasteiger partial charge is 0.337 e. The van der Waals surface area contributed by atoms with E-state index in [4.69, 9.17) is 10.2 Å². The van der Waals surface area contributed by atoms with Crippen molar-refractivity contribution in [3.63, 3.8) is 0 Å². The first-order valence-corrected chi connectivity index (χ1v) is 8.43. The summed E-state index contributed by atoms with van der Waals surface area (Å²) in [5, 5.41) is 11.0. The summed E-state index contributed by atoms with van der Waals surface area (Å²) in [5.74, 6) is 0.807. The van der Waals surface area contributed by atoms with Crippen molar-refractivity contribution in [2.45, 2.75) is 0 Å². The summed E-state index contributed by atoms with van der Waals surface area (Å²) in [7, 11) is 1.67. The molecule has 2 aromatic carbocycles. The molecule has 1 aliphatic heterocycles. The van der Waals surface area contributed by atoms with E-state index in [2.05, 4.69) is 34.6 Å². The molecule has 114 valence electrons. The molecule has 0 fully saturated rings. The maximum absolute atomic E-state index is 8.95. The Kier molecular flexibility index (Phi) is 3.70. The minimum Gasteiger partial charge on any atom is -0.337 e. The van der Waals surface area contributed by atoms with Crippen LogP contribution in [0.2, 0.25) is 0 Å². The second-order valence-corrected chi connectivity index (χ2v) is 6.29. The van der Waals surface area contributed by atoms with Crippen LogP contribution in [0.1, 0.15) is 11.3 Å². The zero-order chi connectivity index (χ0) is 16.4. The number of rotatable bonds is 3. The van der Waals surface area contributed by atoms with E-state index in [-0.39, 0.29) is 0 Å². The number of nitrogens with one attached hydrogen (secondary N) is 1. The first kappa shape index (κ1) is 14.4. The molecule has 0 spiro atoms. The molecule has 0 bridgehead atoms. The van der Waals surface area contributed by atoms with Crippen molar-refractivity contribution in [3.05, 3.63) is 78.0 Å². The van der Waals surface area contributed by atoms with E-state index in [1.165, 1.54) is 0 Å². The highest BCUT2D eigenvalue weighted by Crippen LogP contribution is 2.27. The van der Waals surface area contributed by atoms with Crippen LogP contribution < -0.4 is 0 Å². The smallest absolute Gasteiger partial charge is 0.138 e. The van der Waals surface area contributed by atoms with Crippen LogP contribution >= 0.6 is 10.9 Å². The Labute approximate surface area is 143 Å². The standard InChI is InChI=1S/C20H13N3S/c21-13-14-8-10-16(11-9-14)20-22-18(15-5-2-1-3-6-15)19(23-20)17-7-4-12-24-17/h1-12H,(H,22,23). The van der Waals surface area contributed by atoms with E-state index in [9.17, 15) is 0 Å². The molecule has 24 heavy (non-hydrogen) atoms. The molecule has 0 saturated carbocycles. The summed E-state index contributed by atoms with van der Waals surface area (Å²) >= 11 is 0. The zero-order valence-corrected chi connectivity index (χ0v) is 13.5. The summed E-state index contributed by atoms with van der Waals surface area (Å²) in [6.07, 6.45) is 4.11. The fourth-order valence-corrected chi connectivity index (χ4v) is 3.34. The highest BCUT2D eigenvalue weighted by Gasteiger charge is 2.16. The third-order valence-corrected chi connectivity index (χ3v) is 4.68. The van der Waals surface area contributed by atoms with Crippen molar-refractivity contribution >= 4 is 21.2 Å². The number of hydrogen-bond donors (Lipinski definition) is 1. The maximum atomic E-state index is 8.95. The lowest BCUT2D eigenvalue weighted by Gasteiger charge is -2.01. The van der Waals surface area contributed by atoms with Gasteiger partial charge in [-0.25, -0.2) is 4.98 Å². The van der Waals surface area contributed by atoms with E-state index in [0.717, 1.165) is 33.2 Å². The van der Waals surface area contributed by atoms with Gasteiger partial charge in [0.15, 0.2) is 0 Å². The van der Waals surface area contributed by atoms with Gasteiger partial charge in [-0.15, -0.1) is 10.9 Å². The fourth-order valence-electron chi connectivity index (χ4n) is 2.62. The van der Waals surface area contributed by atoms with Gasteiger partial charge in [0.25, 0.3) is 0 Å². The van der Waals surface area contributed by atoms with Crippen molar-refractivity contribution in [3.8, 4) is 28.7 Å². The molecule has 0 amide bonds. The molecular weight excluding hydrogens is 314 g/mol. The van der Waals surface area contributed by atoms with Crippen LogP contribution in [0.3, 0.4) is 0 Å². The minimum atomic E-state index is 0.645. The number of imidazole rings is 1. The topological polar surface area (TPSA) is 52.5 Å². The number of benzene rings is 2. The monoisotopic (exact) mass is 327 g/mol. The predicted molar refractivity (Wildman–Crippen MR) is 101 cm³/mol. The summed E-state index contributed by atoms with van der Waals surface area (Å²) in [6.45, 7) is 0. The van der Waals surface area contributed by atoms with E-state index >= 15 is 0 Å². The van der Waals surface area contributed by atoms with Gasteiger partial charge in [-0.05, 0) is 35.7 Å². The van der Waals surface area contributed by atoms with E-state index in [1.807, 2.05) is 48.5 Å². The summed E-state index contributed by atoms with van der Waals surface area (Å²) in [4.78, 5) is 9.41. The van der Waals surface area contributed by atoms with Crippen LogP contribution in [-0.2, 0) is 0 Å². The van der Waals surface area contributed by atoms with Crippen molar-refractivity contribution in [2.75, 3.05) is 0 Å². The first-order valence-electron chi connectivity index (χ1n) is 7.55. The summed E-state index contributed by atoms with van der Waals surface area (Å²) in [5.41, 5.74) is 4.68. The third-order valence-electron chi connectivity index (χ3n) is 3.81. The number of hydrogen-bond acceptors (Lipinski definition) is 2. The van der Waals surface area contributed by atoms with Gasteiger partial charge in [-0.1, -0.05) is 36.4 Å². The number of aromatic nitrogens is 2. The number of nitrogens with zero attached hydrogens (tertiary/aromatic N) is 2. The maximum Gasteiger partial charge on any atom is 0.138 e. The van der Waals surface area contributed by atoms with Gasteiger partial charge in [0.05, 0.1) is 22.2 Å². The summed E-state index contributed by atoms with van der Waals surface area (Å²) in [6, 6.07) is 19.8. The third kappa shape index (κ3) is 2.62. The lowest BCUT2D eigenvalue weighted by atomic mass is 10.1. The predicted octanol–water partition coefficient (Wildman–Crippen LogP) is 4.24. The summed E-state index contributed by atoms with van der Waals surface area (Å²) < 4.78 is 0. The van der Waals surface area contributed by atoms with Crippen molar-refractivity contribution < 1.29 is 0 Å². The molecule has 0 unspecified atom stereocenters. The molecule has 1 N–H and O–H groups in total. The van der Waals surface area contributed by atoms with Crippen LogP contribution in [0.15, 0.2) is 66.7 Å². The van der Waals surface area contributed by atoms with Gasteiger partial charge in [0, 0.05) is 11.1 Å². The number of allylic oxidation sites excluding steroid dienone is 2. The molecule has 0 saturated heterocycles. The van der Waals surface area contributed by atoms with Crippen molar-refractivity contribution in [1.29, 1.82) is 5.26 Å². The number of nitriles is 1. The molecule has 0 atom stereocenters. The Hall–Kier alpha value is -3.16. The van der Waals surface area contributed by atoms with Crippen LogP contribution in [-0.4, -0.2) is 20.2 Å². The lowest BCUT2D eigenvalue weighted by Crippen LogP contribution is -1.95. The van der Waals surface area contributed by atoms with Gasteiger partial charge in [-0.3, -0.25) is 0 Å². The number of H-pyrrole nitrogens is 1. The molecule has 4 heteroatoms. The molecule has 2 heterocycles. The van der Waals surface area contributed by atoms with Gasteiger partial charge < -0.3 is 4.98 Å². The van der Waals surface area contributed by atoms with Crippen LogP contribution in [0.4, 0.5) is 0 Å². The SMILES string of the molecule is N#Cc1ccc(-c2nc(C3=S=CC=C3)c(-c3ccccc3)[nH]2)cc1. The average molecular weight is 327 g/mol. The Morgan fingerprint density at radius 2 is 1.75 bits per heavy atom. The second-order valence-electron chi connectivity index (χ2n) is 5.34. The quantitative estimate of drug-likeness (QED) is 0.732. The Balaban J connectivity index is 1.86. The van der Waals surface area contributed by atoms with Crippen molar-refractivity contribution in [2.24, 2.45) is 0 Å². The Morgan fingerprint density at radius 3 is 2.42 bits per heavy atom. The molecule has 3 nitrogen and oxygen atoms in total. The molecular formula is C20H13N3S. The van der Waals surface area contributed by atoms with Crippen LogP contribution in [0.5, 0.6) is 0 Å². The highest BCUT2D eigenvalue weighted by atomic mass is 32.1. The molecule has 1 aromatic heterocycles. The normalized spacial score (nSPS) is 12.5. The average Bonchev–Trinajstić information content (AvgIpc) is 3.32. The minimum absolute atomic E-state index is 0.645. The molecule has 4 rings (SSSR count). The van der Waals surface area contributed by atoms with Gasteiger partial charge in [0.2, 0.25) is 0 Å². The highest BCUT2D eigenvalue weighted by molar-refractivity contribution is 7.98.